The zero-order valence-electron chi connectivity index (χ0n) is 10.1. The maximum Gasteiger partial charge on any atom is 0.0302 e. The molecule has 1 heteroatoms. The first-order valence-corrected chi connectivity index (χ1v) is 6.21. The summed E-state index contributed by atoms with van der Waals surface area (Å²) < 4.78 is 1.36. The number of allylic oxidation sites excluding steroid dienone is 1. The van der Waals surface area contributed by atoms with Gasteiger partial charge in [-0.1, -0.05) is 39.5 Å². The van der Waals surface area contributed by atoms with Crippen molar-refractivity contribution in [1.82, 2.24) is 0 Å². The largest absolute Gasteiger partial charge is 0.144 e. The van der Waals surface area contributed by atoms with Crippen molar-refractivity contribution < 1.29 is 0 Å². The van der Waals surface area contributed by atoms with Gasteiger partial charge in [-0.2, -0.15) is 0 Å². The number of hydrogen-bond acceptors (Lipinski definition) is 1. The highest BCUT2D eigenvalue weighted by Crippen LogP contribution is 2.24. The molecule has 0 spiro atoms. The Kier molecular flexibility index (Phi) is 3.92. The second kappa shape index (κ2) is 4.80. The maximum absolute atomic E-state index is 3.93. The standard InChI is InChI=1S/C14H20S/c1-6-11(10-14(3,4)5)12-8-9-15-13(12)7-2/h6-9H,1,10H2,2-5H3/b12-11+,13-7+. The maximum atomic E-state index is 3.93. The van der Waals surface area contributed by atoms with E-state index in [-0.39, 0.29) is 0 Å². The summed E-state index contributed by atoms with van der Waals surface area (Å²) in [5.74, 6) is 0. The molecule has 0 saturated heterocycles. The van der Waals surface area contributed by atoms with Gasteiger partial charge in [0.2, 0.25) is 0 Å². The third-order valence-corrected chi connectivity index (χ3v) is 3.25. The number of thiophene rings is 1. The average Bonchev–Trinajstić information content (AvgIpc) is 2.60. The highest BCUT2D eigenvalue weighted by molar-refractivity contribution is 7.07. The van der Waals surface area contributed by atoms with Crippen molar-refractivity contribution in [3.63, 3.8) is 0 Å². The van der Waals surface area contributed by atoms with Gasteiger partial charge in [-0.15, -0.1) is 11.3 Å². The molecule has 0 saturated carbocycles. The van der Waals surface area contributed by atoms with Crippen molar-refractivity contribution in [2.45, 2.75) is 34.1 Å². The quantitative estimate of drug-likeness (QED) is 0.717. The predicted octanol–water partition coefficient (Wildman–Crippen LogP) is 3.32. The van der Waals surface area contributed by atoms with Crippen LogP contribution in [0.25, 0.3) is 11.6 Å². The lowest BCUT2D eigenvalue weighted by Gasteiger charge is -2.18. The molecule has 1 aromatic heterocycles. The number of hydrogen-bond donors (Lipinski definition) is 0. The summed E-state index contributed by atoms with van der Waals surface area (Å²) in [7, 11) is 0. The van der Waals surface area contributed by atoms with Gasteiger partial charge in [-0.05, 0) is 41.0 Å². The third-order valence-electron chi connectivity index (χ3n) is 2.27. The lowest BCUT2D eigenvalue weighted by Crippen LogP contribution is -2.22. The molecule has 15 heavy (non-hydrogen) atoms. The van der Waals surface area contributed by atoms with Gasteiger partial charge in [0, 0.05) is 4.53 Å². The van der Waals surface area contributed by atoms with Crippen molar-refractivity contribution in [1.29, 1.82) is 0 Å². The van der Waals surface area contributed by atoms with Crippen LogP contribution >= 0.6 is 11.3 Å². The molecule has 0 unspecified atom stereocenters. The van der Waals surface area contributed by atoms with Crippen LogP contribution in [0.15, 0.2) is 24.1 Å². The minimum atomic E-state index is 0.316. The highest BCUT2D eigenvalue weighted by Gasteiger charge is 2.12. The van der Waals surface area contributed by atoms with Crippen LogP contribution in [0.1, 0.15) is 34.1 Å². The Morgan fingerprint density at radius 3 is 2.60 bits per heavy atom. The third kappa shape index (κ3) is 3.35. The minimum Gasteiger partial charge on any atom is -0.144 e. The van der Waals surface area contributed by atoms with E-state index in [1.807, 2.05) is 6.08 Å². The first kappa shape index (κ1) is 12.3. The molecule has 1 aromatic rings. The summed E-state index contributed by atoms with van der Waals surface area (Å²) in [6.07, 6.45) is 5.25. The van der Waals surface area contributed by atoms with Crippen LogP contribution in [-0.2, 0) is 0 Å². The molecular weight excluding hydrogens is 200 g/mol. The Bertz CT molecular complexity index is 440. The smallest absolute Gasteiger partial charge is 0.0302 e. The van der Waals surface area contributed by atoms with E-state index in [0.29, 0.717) is 5.41 Å². The van der Waals surface area contributed by atoms with E-state index in [1.165, 1.54) is 15.3 Å². The fourth-order valence-corrected chi connectivity index (χ4v) is 2.47. The van der Waals surface area contributed by atoms with Gasteiger partial charge in [0.25, 0.3) is 0 Å². The fraction of sp³-hybridized carbons (Fsp3) is 0.429. The number of rotatable bonds is 2. The minimum absolute atomic E-state index is 0.316. The molecule has 0 bridgehead atoms. The Balaban J connectivity index is 3.33. The molecular formula is C14H20S. The van der Waals surface area contributed by atoms with E-state index in [2.05, 4.69) is 51.8 Å². The van der Waals surface area contributed by atoms with E-state index in [1.54, 1.807) is 11.3 Å². The van der Waals surface area contributed by atoms with Crippen molar-refractivity contribution in [2.75, 3.05) is 0 Å². The molecule has 0 aliphatic heterocycles. The van der Waals surface area contributed by atoms with E-state index in [0.717, 1.165) is 6.42 Å². The van der Waals surface area contributed by atoms with Gasteiger partial charge in [-0.3, -0.25) is 0 Å². The zero-order chi connectivity index (χ0) is 11.5. The summed E-state index contributed by atoms with van der Waals surface area (Å²) in [4.78, 5) is 0. The molecule has 0 atom stereocenters. The van der Waals surface area contributed by atoms with Crippen molar-refractivity contribution >= 4 is 23.0 Å². The Morgan fingerprint density at radius 2 is 2.13 bits per heavy atom. The average molecular weight is 220 g/mol. The molecule has 0 aromatic carbocycles. The van der Waals surface area contributed by atoms with Crippen molar-refractivity contribution in [3.05, 3.63) is 33.9 Å². The zero-order valence-corrected chi connectivity index (χ0v) is 10.9. The van der Waals surface area contributed by atoms with E-state index in [4.69, 9.17) is 0 Å². The van der Waals surface area contributed by atoms with Gasteiger partial charge < -0.3 is 0 Å². The summed E-state index contributed by atoms with van der Waals surface area (Å²) >= 11 is 1.80. The molecule has 82 valence electrons. The Morgan fingerprint density at radius 1 is 1.47 bits per heavy atom. The van der Waals surface area contributed by atoms with Crippen LogP contribution in [0.3, 0.4) is 0 Å². The fourth-order valence-electron chi connectivity index (χ4n) is 1.66. The molecule has 0 fully saturated rings. The van der Waals surface area contributed by atoms with Crippen molar-refractivity contribution in [3.8, 4) is 0 Å². The molecule has 0 aliphatic rings. The van der Waals surface area contributed by atoms with Gasteiger partial charge in [0.05, 0.1) is 0 Å². The SMILES string of the molecule is C=C/C(CC(C)(C)C)=c1/ccs/c1=C/C. The molecule has 1 rings (SSSR count). The summed E-state index contributed by atoms with van der Waals surface area (Å²) in [5.41, 5.74) is 1.67. The second-order valence-electron chi connectivity index (χ2n) is 4.95. The van der Waals surface area contributed by atoms with Gasteiger partial charge in [0.1, 0.15) is 0 Å². The molecule has 0 N–H and O–H groups in total. The van der Waals surface area contributed by atoms with Crippen LogP contribution in [-0.4, -0.2) is 0 Å². The topological polar surface area (TPSA) is 0 Å². The summed E-state index contributed by atoms with van der Waals surface area (Å²) in [6, 6.07) is 2.20. The molecule has 0 radical (unpaired) electrons. The lowest BCUT2D eigenvalue weighted by molar-refractivity contribution is 0.427. The van der Waals surface area contributed by atoms with Crippen LogP contribution in [0.2, 0.25) is 0 Å². The highest BCUT2D eigenvalue weighted by atomic mass is 32.1. The van der Waals surface area contributed by atoms with E-state index >= 15 is 0 Å². The summed E-state index contributed by atoms with van der Waals surface area (Å²) in [6.45, 7) is 12.8. The predicted molar refractivity (Wildman–Crippen MR) is 71.4 cm³/mol. The molecule has 0 aliphatic carbocycles. The van der Waals surface area contributed by atoms with Crippen LogP contribution in [0.5, 0.6) is 0 Å². The lowest BCUT2D eigenvalue weighted by atomic mass is 9.87. The van der Waals surface area contributed by atoms with Gasteiger partial charge >= 0.3 is 0 Å². The first-order chi connectivity index (χ1) is 6.98. The van der Waals surface area contributed by atoms with Crippen LogP contribution in [0.4, 0.5) is 0 Å². The second-order valence-corrected chi connectivity index (χ2v) is 5.90. The van der Waals surface area contributed by atoms with E-state index < -0.39 is 0 Å². The van der Waals surface area contributed by atoms with Crippen molar-refractivity contribution in [2.24, 2.45) is 5.41 Å². The molecule has 0 nitrogen and oxygen atoms in total. The van der Waals surface area contributed by atoms with E-state index in [9.17, 15) is 0 Å². The Labute approximate surface area is 96.7 Å². The van der Waals surface area contributed by atoms with Gasteiger partial charge in [0.15, 0.2) is 0 Å². The molecule has 0 amide bonds. The van der Waals surface area contributed by atoms with Crippen LogP contribution < -0.4 is 9.75 Å². The van der Waals surface area contributed by atoms with Gasteiger partial charge in [-0.25, -0.2) is 0 Å². The van der Waals surface area contributed by atoms with Crippen LogP contribution in [0, 0.1) is 5.41 Å². The monoisotopic (exact) mass is 220 g/mol. The summed E-state index contributed by atoms with van der Waals surface area (Å²) in [5, 5.41) is 3.50. The normalized spacial score (nSPS) is 15.3. The molecule has 1 heterocycles. The Hall–Kier alpha value is -0.820. The first-order valence-electron chi connectivity index (χ1n) is 5.33.